The van der Waals surface area contributed by atoms with Crippen LogP contribution < -0.4 is 0 Å². The Morgan fingerprint density at radius 2 is 1.78 bits per heavy atom. The molecule has 12 heteroatoms. The SMILES string of the molecule is CC(C)(C)OC(=O)CN1CCc2c(C(=O)N3CCC(c4ccc(F)c(F)c4C(F)(F)F)CC3)n[nH]c2C1. The van der Waals surface area contributed by atoms with Gasteiger partial charge in [0.1, 0.15) is 5.60 Å². The number of carbonyl (C=O) groups excluding carboxylic acids is 2. The van der Waals surface area contributed by atoms with Crippen molar-refractivity contribution < 1.29 is 36.3 Å². The molecule has 2 aliphatic heterocycles. The van der Waals surface area contributed by atoms with Gasteiger partial charge in [-0.15, -0.1) is 0 Å². The molecule has 1 aromatic heterocycles. The van der Waals surface area contributed by atoms with E-state index in [0.29, 0.717) is 25.6 Å². The van der Waals surface area contributed by atoms with Gasteiger partial charge in [0.15, 0.2) is 17.3 Å². The van der Waals surface area contributed by atoms with Gasteiger partial charge in [0.25, 0.3) is 5.91 Å². The third-order valence-electron chi connectivity index (χ3n) is 6.62. The summed E-state index contributed by atoms with van der Waals surface area (Å²) in [4.78, 5) is 28.7. The third kappa shape index (κ3) is 5.94. The number of ether oxygens (including phenoxy) is 1. The molecule has 2 aromatic rings. The quantitative estimate of drug-likeness (QED) is 0.470. The van der Waals surface area contributed by atoms with Gasteiger partial charge >= 0.3 is 12.1 Å². The number of halogens is 5. The Bertz CT molecular complexity index is 1180. The zero-order valence-electron chi connectivity index (χ0n) is 20.8. The summed E-state index contributed by atoms with van der Waals surface area (Å²) < 4.78 is 73.3. The van der Waals surface area contributed by atoms with Crippen LogP contribution in [-0.4, -0.2) is 63.7 Å². The van der Waals surface area contributed by atoms with Crippen molar-refractivity contribution >= 4 is 11.9 Å². The molecule has 0 bridgehead atoms. The molecule has 0 saturated carbocycles. The van der Waals surface area contributed by atoms with E-state index in [1.165, 1.54) is 4.90 Å². The minimum Gasteiger partial charge on any atom is -0.459 e. The lowest BCUT2D eigenvalue weighted by molar-refractivity contribution is -0.156. The zero-order valence-corrected chi connectivity index (χ0v) is 20.8. The molecule has 202 valence electrons. The molecule has 0 spiro atoms. The van der Waals surface area contributed by atoms with E-state index in [9.17, 15) is 31.5 Å². The number of carbonyl (C=O) groups is 2. The lowest BCUT2D eigenvalue weighted by Crippen LogP contribution is -2.40. The molecule has 4 rings (SSSR count). The predicted octanol–water partition coefficient (Wildman–Crippen LogP) is 4.43. The second-order valence-corrected chi connectivity index (χ2v) is 10.5. The van der Waals surface area contributed by atoms with Crippen molar-refractivity contribution in [3.8, 4) is 0 Å². The maximum Gasteiger partial charge on any atom is 0.419 e. The lowest BCUT2D eigenvalue weighted by Gasteiger charge is -2.33. The summed E-state index contributed by atoms with van der Waals surface area (Å²) in [6, 6.07) is 1.69. The van der Waals surface area contributed by atoms with Crippen LogP contribution in [0.3, 0.4) is 0 Å². The van der Waals surface area contributed by atoms with Crippen LogP contribution in [0.5, 0.6) is 0 Å². The average molecular weight is 529 g/mol. The molecule has 1 N–H and O–H groups in total. The molecule has 0 atom stereocenters. The van der Waals surface area contributed by atoms with Crippen molar-refractivity contribution in [1.82, 2.24) is 20.0 Å². The summed E-state index contributed by atoms with van der Waals surface area (Å²) in [6.45, 7) is 6.73. The molecule has 37 heavy (non-hydrogen) atoms. The summed E-state index contributed by atoms with van der Waals surface area (Å²) in [7, 11) is 0. The molecule has 0 unspecified atom stereocenters. The Kier molecular flexibility index (Phi) is 7.33. The minimum absolute atomic E-state index is 0.108. The van der Waals surface area contributed by atoms with E-state index < -0.39 is 34.9 Å². The first-order chi connectivity index (χ1) is 17.2. The van der Waals surface area contributed by atoms with Crippen LogP contribution in [-0.2, 0) is 28.7 Å². The number of likely N-dealkylation sites (tertiary alicyclic amines) is 1. The molecule has 1 amide bonds. The van der Waals surface area contributed by atoms with E-state index >= 15 is 0 Å². The number of nitrogens with zero attached hydrogens (tertiary/aromatic N) is 3. The highest BCUT2D eigenvalue weighted by atomic mass is 19.4. The Hall–Kier alpha value is -3.02. The van der Waals surface area contributed by atoms with Gasteiger partial charge in [0.05, 0.1) is 17.8 Å². The van der Waals surface area contributed by atoms with Gasteiger partial charge < -0.3 is 9.64 Å². The molecule has 1 saturated heterocycles. The Morgan fingerprint density at radius 3 is 2.41 bits per heavy atom. The van der Waals surface area contributed by atoms with Gasteiger partial charge in [-0.05, 0) is 57.6 Å². The van der Waals surface area contributed by atoms with Crippen molar-refractivity contribution in [2.24, 2.45) is 0 Å². The summed E-state index contributed by atoms with van der Waals surface area (Å²) in [6.07, 6.45) is -4.18. The topological polar surface area (TPSA) is 78.5 Å². The van der Waals surface area contributed by atoms with Crippen molar-refractivity contribution in [3.63, 3.8) is 0 Å². The molecular formula is C25H29F5N4O3. The van der Waals surface area contributed by atoms with Gasteiger partial charge in [0.2, 0.25) is 0 Å². The second-order valence-electron chi connectivity index (χ2n) is 10.5. The van der Waals surface area contributed by atoms with Crippen molar-refractivity contribution in [1.29, 1.82) is 0 Å². The number of nitrogens with one attached hydrogen (secondary N) is 1. The number of hydrogen-bond acceptors (Lipinski definition) is 5. The maximum absolute atomic E-state index is 14.0. The van der Waals surface area contributed by atoms with Crippen LogP contribution in [0.1, 0.15) is 72.4 Å². The molecule has 0 aliphatic carbocycles. The van der Waals surface area contributed by atoms with E-state index in [4.69, 9.17) is 4.74 Å². The number of aromatic amines is 1. The van der Waals surface area contributed by atoms with Gasteiger partial charge in [-0.2, -0.15) is 18.3 Å². The second kappa shape index (κ2) is 10.0. The zero-order chi connectivity index (χ0) is 27.1. The van der Waals surface area contributed by atoms with Crippen LogP contribution in [0, 0.1) is 11.6 Å². The van der Waals surface area contributed by atoms with E-state index in [2.05, 4.69) is 10.2 Å². The summed E-state index contributed by atoms with van der Waals surface area (Å²) in [5, 5.41) is 7.07. The van der Waals surface area contributed by atoms with Crippen LogP contribution >= 0.6 is 0 Å². The number of alkyl halides is 3. The first-order valence-corrected chi connectivity index (χ1v) is 12.1. The van der Waals surface area contributed by atoms with Crippen molar-refractivity contribution in [2.45, 2.75) is 64.3 Å². The molecule has 3 heterocycles. The highest BCUT2D eigenvalue weighted by Crippen LogP contribution is 2.41. The summed E-state index contributed by atoms with van der Waals surface area (Å²) >= 11 is 0. The standard InChI is InChI=1S/C25H29F5N4O3/c1-24(2,3)37-19(35)13-33-9-8-16-18(12-33)31-32-22(16)23(36)34-10-6-14(7-11-34)15-4-5-17(26)21(27)20(15)25(28,29)30/h4-5,14H,6-13H2,1-3H3,(H,31,32). The molecular weight excluding hydrogens is 499 g/mol. The van der Waals surface area contributed by atoms with Crippen LogP contribution in [0.4, 0.5) is 22.0 Å². The average Bonchev–Trinajstić information content (AvgIpc) is 3.21. The molecule has 1 fully saturated rings. The lowest BCUT2D eigenvalue weighted by atomic mass is 9.85. The van der Waals surface area contributed by atoms with Crippen LogP contribution in [0.25, 0.3) is 0 Å². The first-order valence-electron chi connectivity index (χ1n) is 12.1. The fourth-order valence-corrected chi connectivity index (χ4v) is 4.98. The van der Waals surface area contributed by atoms with Crippen LogP contribution in [0.2, 0.25) is 0 Å². The Morgan fingerprint density at radius 1 is 1.11 bits per heavy atom. The van der Waals surface area contributed by atoms with Crippen LogP contribution in [0.15, 0.2) is 12.1 Å². The highest BCUT2D eigenvalue weighted by Gasteiger charge is 2.41. The third-order valence-corrected chi connectivity index (χ3v) is 6.62. The van der Waals surface area contributed by atoms with Gasteiger partial charge in [-0.25, -0.2) is 8.78 Å². The monoisotopic (exact) mass is 528 g/mol. The summed E-state index contributed by atoms with van der Waals surface area (Å²) in [5.74, 6) is -4.78. The van der Waals surface area contributed by atoms with E-state index in [1.807, 2.05) is 4.90 Å². The van der Waals surface area contributed by atoms with Crippen molar-refractivity contribution in [3.05, 3.63) is 51.8 Å². The minimum atomic E-state index is -5.03. The fraction of sp³-hybridized carbons (Fsp3) is 0.560. The molecule has 0 radical (unpaired) electrons. The summed E-state index contributed by atoms with van der Waals surface area (Å²) in [5.41, 5.74) is -0.709. The number of benzene rings is 1. The normalized spacial score (nSPS) is 17.6. The highest BCUT2D eigenvalue weighted by molar-refractivity contribution is 5.94. The van der Waals surface area contributed by atoms with E-state index in [1.54, 1.807) is 20.8 Å². The fourth-order valence-electron chi connectivity index (χ4n) is 4.98. The number of piperidine rings is 1. The number of fused-ring (bicyclic) bond motifs is 1. The Labute approximate surface area is 210 Å². The molecule has 7 nitrogen and oxygen atoms in total. The maximum atomic E-state index is 14.0. The molecule has 1 aromatic carbocycles. The predicted molar refractivity (Wildman–Crippen MR) is 123 cm³/mol. The number of H-pyrrole nitrogens is 1. The van der Waals surface area contributed by atoms with Gasteiger partial charge in [0, 0.05) is 31.7 Å². The first kappa shape index (κ1) is 27.0. The van der Waals surface area contributed by atoms with Gasteiger partial charge in [-0.3, -0.25) is 19.6 Å². The largest absolute Gasteiger partial charge is 0.459 e. The number of amides is 1. The molecule has 2 aliphatic rings. The van der Waals surface area contributed by atoms with E-state index in [-0.39, 0.29) is 55.6 Å². The van der Waals surface area contributed by atoms with E-state index in [0.717, 1.165) is 17.3 Å². The number of aromatic nitrogens is 2. The number of hydrogen-bond donors (Lipinski definition) is 1. The number of rotatable bonds is 4. The Balaban J connectivity index is 1.40. The van der Waals surface area contributed by atoms with Crippen molar-refractivity contribution in [2.75, 3.05) is 26.2 Å². The smallest absolute Gasteiger partial charge is 0.419 e. The number of esters is 1. The van der Waals surface area contributed by atoms with Gasteiger partial charge in [-0.1, -0.05) is 6.07 Å².